The van der Waals surface area contributed by atoms with Crippen molar-refractivity contribution in [1.82, 2.24) is 20.5 Å². The molecule has 1 aliphatic heterocycles. The molecule has 1 aromatic heterocycles. The molecule has 0 radical (unpaired) electrons. The van der Waals surface area contributed by atoms with Crippen molar-refractivity contribution in [1.29, 1.82) is 0 Å². The van der Waals surface area contributed by atoms with Crippen LogP contribution in [0, 0.1) is 6.92 Å². The monoisotopic (exact) mass is 396 g/mol. The standard InChI is InChI=1S/C21H24N4O4/c1-4-29-18-15(6-5-11-22-18)12-23-17(26)13-25-19(27)21(3,24-20(25)28)16-9-7-14(2)8-10-16/h5-11H,4,12-13H2,1-3H3,(H,23,26)(H,24,28). The number of urea groups is 1. The number of benzene rings is 1. The first-order valence-corrected chi connectivity index (χ1v) is 9.39. The minimum Gasteiger partial charge on any atom is -0.478 e. The maximum atomic E-state index is 12.9. The SMILES string of the molecule is CCOc1ncccc1CNC(=O)CN1C(=O)NC(C)(c2ccc(C)cc2)C1=O. The number of ether oxygens (including phenoxy) is 1. The largest absolute Gasteiger partial charge is 0.478 e. The summed E-state index contributed by atoms with van der Waals surface area (Å²) in [6, 6.07) is 10.3. The van der Waals surface area contributed by atoms with Crippen LogP contribution >= 0.6 is 0 Å². The van der Waals surface area contributed by atoms with E-state index in [0.29, 0.717) is 23.6 Å². The molecule has 0 aliphatic carbocycles. The summed E-state index contributed by atoms with van der Waals surface area (Å²) in [5.74, 6) is -0.469. The number of amides is 4. The van der Waals surface area contributed by atoms with Crippen molar-refractivity contribution in [3.63, 3.8) is 0 Å². The van der Waals surface area contributed by atoms with E-state index >= 15 is 0 Å². The Morgan fingerprint density at radius 3 is 2.66 bits per heavy atom. The van der Waals surface area contributed by atoms with Crippen molar-refractivity contribution in [2.24, 2.45) is 0 Å². The number of pyridine rings is 1. The van der Waals surface area contributed by atoms with Gasteiger partial charge in [-0.1, -0.05) is 35.9 Å². The number of nitrogens with zero attached hydrogens (tertiary/aromatic N) is 2. The van der Waals surface area contributed by atoms with E-state index in [1.165, 1.54) is 0 Å². The Balaban J connectivity index is 1.66. The summed E-state index contributed by atoms with van der Waals surface area (Å²) in [7, 11) is 0. The molecule has 2 aromatic rings. The summed E-state index contributed by atoms with van der Waals surface area (Å²) in [6.07, 6.45) is 1.61. The maximum absolute atomic E-state index is 12.9. The van der Waals surface area contributed by atoms with Crippen molar-refractivity contribution in [3.8, 4) is 5.88 Å². The van der Waals surface area contributed by atoms with Gasteiger partial charge in [0.05, 0.1) is 6.61 Å². The Morgan fingerprint density at radius 1 is 1.24 bits per heavy atom. The lowest BCUT2D eigenvalue weighted by Crippen LogP contribution is -2.43. The van der Waals surface area contributed by atoms with Gasteiger partial charge < -0.3 is 15.4 Å². The highest BCUT2D eigenvalue weighted by atomic mass is 16.5. The second-order valence-corrected chi connectivity index (χ2v) is 6.99. The molecule has 0 saturated carbocycles. The van der Waals surface area contributed by atoms with Crippen molar-refractivity contribution in [3.05, 3.63) is 59.3 Å². The Morgan fingerprint density at radius 2 is 1.97 bits per heavy atom. The Hall–Kier alpha value is -3.42. The number of rotatable bonds is 7. The zero-order chi connectivity index (χ0) is 21.0. The third-order valence-electron chi connectivity index (χ3n) is 4.81. The fourth-order valence-corrected chi connectivity index (χ4v) is 3.14. The molecule has 1 fully saturated rings. The molecule has 4 amide bonds. The zero-order valence-corrected chi connectivity index (χ0v) is 16.7. The molecule has 2 heterocycles. The van der Waals surface area contributed by atoms with E-state index in [9.17, 15) is 14.4 Å². The van der Waals surface area contributed by atoms with Crippen LogP contribution in [-0.4, -0.2) is 40.9 Å². The van der Waals surface area contributed by atoms with E-state index in [1.807, 2.05) is 26.0 Å². The second-order valence-electron chi connectivity index (χ2n) is 6.99. The van der Waals surface area contributed by atoms with E-state index < -0.39 is 23.4 Å². The van der Waals surface area contributed by atoms with E-state index in [2.05, 4.69) is 15.6 Å². The van der Waals surface area contributed by atoms with Gasteiger partial charge in [0.15, 0.2) is 0 Å². The molecule has 1 saturated heterocycles. The lowest BCUT2D eigenvalue weighted by molar-refractivity contribution is -0.134. The van der Waals surface area contributed by atoms with Gasteiger partial charge in [-0.25, -0.2) is 9.78 Å². The zero-order valence-electron chi connectivity index (χ0n) is 16.7. The first-order chi connectivity index (χ1) is 13.8. The number of imide groups is 1. The van der Waals surface area contributed by atoms with Crippen molar-refractivity contribution in [2.45, 2.75) is 32.9 Å². The number of aromatic nitrogens is 1. The molecular weight excluding hydrogens is 372 g/mol. The van der Waals surface area contributed by atoms with E-state index in [1.54, 1.807) is 37.4 Å². The predicted molar refractivity (Wildman–Crippen MR) is 106 cm³/mol. The van der Waals surface area contributed by atoms with E-state index in [-0.39, 0.29) is 13.1 Å². The fourth-order valence-electron chi connectivity index (χ4n) is 3.14. The molecule has 29 heavy (non-hydrogen) atoms. The van der Waals surface area contributed by atoms with Crippen LogP contribution in [0.5, 0.6) is 5.88 Å². The first-order valence-electron chi connectivity index (χ1n) is 9.39. The van der Waals surface area contributed by atoms with Crippen LogP contribution in [0.1, 0.15) is 30.5 Å². The number of hydrogen-bond donors (Lipinski definition) is 2. The average Bonchev–Trinajstić information content (AvgIpc) is 2.92. The highest BCUT2D eigenvalue weighted by Gasteiger charge is 2.49. The Bertz CT molecular complexity index is 929. The summed E-state index contributed by atoms with van der Waals surface area (Å²) in [6.45, 7) is 5.70. The summed E-state index contributed by atoms with van der Waals surface area (Å²) in [5.41, 5.74) is 1.23. The number of carbonyl (C=O) groups excluding carboxylic acids is 3. The van der Waals surface area contributed by atoms with E-state index in [4.69, 9.17) is 4.74 Å². The van der Waals surface area contributed by atoms with Crippen LogP contribution in [0.2, 0.25) is 0 Å². The second kappa shape index (κ2) is 8.30. The van der Waals surface area contributed by atoms with Gasteiger partial charge >= 0.3 is 6.03 Å². The Labute approximate surface area is 169 Å². The maximum Gasteiger partial charge on any atom is 0.325 e. The molecular formula is C21H24N4O4. The molecule has 1 aromatic carbocycles. The fraction of sp³-hybridized carbons (Fsp3) is 0.333. The Kier molecular flexibility index (Phi) is 5.81. The lowest BCUT2D eigenvalue weighted by atomic mass is 9.91. The molecule has 0 spiro atoms. The third kappa shape index (κ3) is 4.21. The summed E-state index contributed by atoms with van der Waals surface area (Å²) in [4.78, 5) is 42.7. The number of aryl methyl sites for hydroxylation is 1. The molecule has 1 aliphatic rings. The van der Waals surface area contributed by atoms with Crippen molar-refractivity contribution >= 4 is 17.8 Å². The number of hydrogen-bond acceptors (Lipinski definition) is 5. The van der Waals surface area contributed by atoms with Gasteiger partial charge in [0.25, 0.3) is 5.91 Å². The molecule has 0 bridgehead atoms. The van der Waals surface area contributed by atoms with Gasteiger partial charge in [-0.05, 0) is 32.4 Å². The topological polar surface area (TPSA) is 101 Å². The van der Waals surface area contributed by atoms with Gasteiger partial charge in [-0.3, -0.25) is 14.5 Å². The highest BCUT2D eigenvalue weighted by Crippen LogP contribution is 2.28. The quantitative estimate of drug-likeness (QED) is 0.696. The summed E-state index contributed by atoms with van der Waals surface area (Å²) in [5, 5.41) is 5.41. The van der Waals surface area contributed by atoms with Crippen molar-refractivity contribution in [2.75, 3.05) is 13.2 Å². The summed E-state index contributed by atoms with van der Waals surface area (Å²) < 4.78 is 5.43. The molecule has 3 rings (SSSR count). The average molecular weight is 396 g/mol. The van der Waals surface area contributed by atoms with Gasteiger partial charge in [-0.15, -0.1) is 0 Å². The smallest absolute Gasteiger partial charge is 0.325 e. The van der Waals surface area contributed by atoms with Crippen LogP contribution in [0.25, 0.3) is 0 Å². The van der Waals surface area contributed by atoms with Crippen molar-refractivity contribution < 1.29 is 19.1 Å². The van der Waals surface area contributed by atoms with Gasteiger partial charge in [0.2, 0.25) is 11.8 Å². The lowest BCUT2D eigenvalue weighted by Gasteiger charge is -2.22. The molecule has 8 nitrogen and oxygen atoms in total. The van der Waals surface area contributed by atoms with Gasteiger partial charge in [0, 0.05) is 18.3 Å². The molecule has 1 atom stereocenters. The molecule has 1 unspecified atom stereocenters. The van der Waals surface area contributed by atoms with Crippen LogP contribution in [0.4, 0.5) is 4.79 Å². The molecule has 8 heteroatoms. The van der Waals surface area contributed by atoms with Crippen LogP contribution in [0.3, 0.4) is 0 Å². The first kappa shape index (κ1) is 20.3. The van der Waals surface area contributed by atoms with Crippen LogP contribution < -0.4 is 15.4 Å². The highest BCUT2D eigenvalue weighted by molar-refractivity contribution is 6.09. The molecule has 2 N–H and O–H groups in total. The third-order valence-corrected chi connectivity index (χ3v) is 4.81. The normalized spacial score (nSPS) is 18.5. The minimum atomic E-state index is -1.20. The van der Waals surface area contributed by atoms with Gasteiger partial charge in [-0.2, -0.15) is 0 Å². The van der Waals surface area contributed by atoms with Crippen LogP contribution in [0.15, 0.2) is 42.6 Å². The number of nitrogens with one attached hydrogen (secondary N) is 2. The minimum absolute atomic E-state index is 0.181. The van der Waals surface area contributed by atoms with E-state index in [0.717, 1.165) is 10.5 Å². The number of carbonyl (C=O) groups is 3. The predicted octanol–water partition coefficient (Wildman–Crippen LogP) is 1.87. The molecule has 152 valence electrons. The van der Waals surface area contributed by atoms with Gasteiger partial charge in [0.1, 0.15) is 12.1 Å². The summed E-state index contributed by atoms with van der Waals surface area (Å²) >= 11 is 0. The van der Waals surface area contributed by atoms with Crippen LogP contribution in [-0.2, 0) is 21.7 Å².